The Morgan fingerprint density at radius 2 is 1.65 bits per heavy atom. The first-order valence-corrected chi connectivity index (χ1v) is 17.4. The smallest absolute Gasteiger partial charge is 0.338 e. The fourth-order valence-corrected chi connectivity index (χ4v) is 8.38. The number of fused-ring (bicyclic) bond motifs is 1. The van der Waals surface area contributed by atoms with Gasteiger partial charge in [-0.25, -0.2) is 9.79 Å². The minimum Gasteiger partial charge on any atom is -0.497 e. The molecule has 1 unspecified atom stereocenters. The van der Waals surface area contributed by atoms with Gasteiger partial charge in [0.25, 0.3) is 5.56 Å². The molecule has 0 fully saturated rings. The molecule has 5 aromatic rings. The molecule has 4 aromatic carbocycles. The second-order valence-electron chi connectivity index (χ2n) is 10.3. The number of hydrogen-bond donors (Lipinski definition) is 0. The zero-order valence-electron chi connectivity index (χ0n) is 24.9. The molecule has 2 heterocycles. The van der Waals surface area contributed by atoms with Gasteiger partial charge in [-0.15, -0.1) is 0 Å². The maximum atomic E-state index is 14.3. The molecule has 1 aliphatic heterocycles. The van der Waals surface area contributed by atoms with Crippen molar-refractivity contribution in [2.24, 2.45) is 4.99 Å². The quantitative estimate of drug-likeness (QED) is 0.122. The van der Waals surface area contributed by atoms with Crippen LogP contribution in [0.4, 0.5) is 0 Å². The number of esters is 1. The van der Waals surface area contributed by atoms with Crippen molar-refractivity contribution < 1.29 is 19.0 Å². The minimum absolute atomic E-state index is 0.183. The van der Waals surface area contributed by atoms with E-state index < -0.39 is 12.0 Å². The highest BCUT2D eigenvalue weighted by Gasteiger charge is 2.35. The summed E-state index contributed by atoms with van der Waals surface area (Å²) in [5.41, 5.74) is 3.93. The second kappa shape index (κ2) is 14.3. The predicted octanol–water partition coefficient (Wildman–Crippen LogP) is 6.73. The molecule has 6 rings (SSSR count). The number of benzene rings is 4. The zero-order chi connectivity index (χ0) is 32.2. The van der Waals surface area contributed by atoms with Crippen LogP contribution in [-0.4, -0.2) is 24.3 Å². The number of halogens is 2. The Balaban J connectivity index is 1.50. The summed E-state index contributed by atoms with van der Waals surface area (Å²) >= 11 is 5.83. The van der Waals surface area contributed by atoms with Crippen LogP contribution < -0.4 is 24.4 Å². The molecule has 0 saturated heterocycles. The number of carbonyl (C=O) groups excluding carboxylic acids is 1. The summed E-state index contributed by atoms with van der Waals surface area (Å²) in [6.45, 7) is 2.40. The van der Waals surface area contributed by atoms with E-state index in [-0.39, 0.29) is 12.2 Å². The Labute approximate surface area is 297 Å². The van der Waals surface area contributed by atoms with Gasteiger partial charge in [-0.05, 0) is 99.1 Å². The summed E-state index contributed by atoms with van der Waals surface area (Å²) in [5, 5.41) is 0. The van der Waals surface area contributed by atoms with Crippen molar-refractivity contribution in [2.75, 3.05) is 13.7 Å². The van der Waals surface area contributed by atoms with Crippen LogP contribution in [-0.2, 0) is 16.1 Å². The first-order chi connectivity index (χ1) is 22.4. The third-order valence-electron chi connectivity index (χ3n) is 7.33. The van der Waals surface area contributed by atoms with Gasteiger partial charge in [0.2, 0.25) is 0 Å². The third-order valence-corrected chi connectivity index (χ3v) is 9.91. The maximum absolute atomic E-state index is 14.3. The third kappa shape index (κ3) is 6.69. The van der Waals surface area contributed by atoms with Crippen molar-refractivity contribution in [3.63, 3.8) is 0 Å². The fourth-order valence-electron chi connectivity index (χ4n) is 5.25. The number of carbonyl (C=O) groups is 1. The number of hydrogen-bond acceptors (Lipinski definition) is 7. The first-order valence-electron chi connectivity index (χ1n) is 14.5. The lowest BCUT2D eigenvalue weighted by Gasteiger charge is -2.26. The van der Waals surface area contributed by atoms with Crippen LogP contribution in [0.5, 0.6) is 11.5 Å². The molecule has 232 valence electrons. The van der Waals surface area contributed by atoms with E-state index in [4.69, 9.17) is 19.2 Å². The van der Waals surface area contributed by atoms with E-state index in [9.17, 15) is 9.59 Å². The standard InChI is InChI=1S/C36H28I2N2O5S/c1-3-44-35(42)30-31(24-13-8-5-9-14-24)39-36-40(32(30)25-15-10-16-26(20-25)43-2)34(41)29(46-36)19-23-17-27(37)33(28(38)18-23)45-21-22-11-6-4-7-12-22/h4-20,32H,3,21H2,1-2H3/b29-19-. The Morgan fingerprint density at radius 1 is 0.957 bits per heavy atom. The molecule has 0 saturated carbocycles. The summed E-state index contributed by atoms with van der Waals surface area (Å²) in [7, 11) is 1.59. The van der Waals surface area contributed by atoms with Crippen molar-refractivity contribution in [3.8, 4) is 11.5 Å². The Bertz CT molecular complexity index is 2100. The van der Waals surface area contributed by atoms with Crippen LogP contribution >= 0.6 is 56.5 Å². The van der Waals surface area contributed by atoms with Crippen molar-refractivity contribution >= 4 is 74.3 Å². The van der Waals surface area contributed by atoms with Crippen molar-refractivity contribution in [1.29, 1.82) is 0 Å². The van der Waals surface area contributed by atoms with Gasteiger partial charge in [-0.2, -0.15) is 0 Å². The maximum Gasteiger partial charge on any atom is 0.338 e. The average molecular weight is 855 g/mol. The molecule has 0 bridgehead atoms. The predicted molar refractivity (Wildman–Crippen MR) is 197 cm³/mol. The van der Waals surface area contributed by atoms with Crippen LogP contribution in [0, 0.1) is 7.14 Å². The van der Waals surface area contributed by atoms with Crippen LogP contribution in [0.2, 0.25) is 0 Å². The Hall–Kier alpha value is -3.75. The summed E-state index contributed by atoms with van der Waals surface area (Å²) in [6.07, 6.45) is 1.87. The van der Waals surface area contributed by atoms with Gasteiger partial charge in [0.15, 0.2) is 4.80 Å². The summed E-state index contributed by atoms with van der Waals surface area (Å²) in [5.74, 6) is 0.885. The number of methoxy groups -OCH3 is 1. The lowest BCUT2D eigenvalue weighted by atomic mass is 9.93. The van der Waals surface area contributed by atoms with E-state index in [1.807, 2.05) is 103 Å². The monoisotopic (exact) mass is 854 g/mol. The Kier molecular flexibility index (Phi) is 10.0. The van der Waals surface area contributed by atoms with Crippen LogP contribution in [0.15, 0.2) is 112 Å². The van der Waals surface area contributed by atoms with Crippen molar-refractivity contribution in [1.82, 2.24) is 4.57 Å². The molecular formula is C36H28I2N2O5S. The summed E-state index contributed by atoms with van der Waals surface area (Å²) < 4.78 is 21.2. The number of thiazole rings is 1. The van der Waals surface area contributed by atoms with Gasteiger partial charge in [0.1, 0.15) is 18.1 Å². The van der Waals surface area contributed by atoms with Gasteiger partial charge in [-0.3, -0.25) is 9.36 Å². The molecule has 0 radical (unpaired) electrons. The van der Waals surface area contributed by atoms with Gasteiger partial charge < -0.3 is 14.2 Å². The molecule has 0 N–H and O–H groups in total. The molecule has 7 nitrogen and oxygen atoms in total. The molecule has 10 heteroatoms. The largest absolute Gasteiger partial charge is 0.497 e. The lowest BCUT2D eigenvalue weighted by molar-refractivity contribution is -0.138. The number of ether oxygens (including phenoxy) is 3. The highest BCUT2D eigenvalue weighted by atomic mass is 127. The molecule has 1 atom stereocenters. The van der Waals surface area contributed by atoms with Crippen LogP contribution in [0.25, 0.3) is 11.8 Å². The van der Waals surface area contributed by atoms with E-state index >= 15 is 0 Å². The van der Waals surface area contributed by atoms with E-state index in [2.05, 4.69) is 45.2 Å². The van der Waals surface area contributed by atoms with E-state index in [0.717, 1.165) is 29.6 Å². The summed E-state index contributed by atoms with van der Waals surface area (Å²) in [6, 6.07) is 30.2. The first kappa shape index (κ1) is 32.2. The van der Waals surface area contributed by atoms with Gasteiger partial charge in [0, 0.05) is 5.56 Å². The van der Waals surface area contributed by atoms with Gasteiger partial charge >= 0.3 is 5.97 Å². The van der Waals surface area contributed by atoms with Crippen molar-refractivity contribution in [2.45, 2.75) is 19.6 Å². The molecule has 1 aliphatic rings. The average Bonchev–Trinajstić information content (AvgIpc) is 3.38. The molecule has 1 aromatic heterocycles. The van der Waals surface area contributed by atoms with Crippen molar-refractivity contribution in [3.05, 3.63) is 152 Å². The van der Waals surface area contributed by atoms with E-state index in [1.54, 1.807) is 18.6 Å². The highest BCUT2D eigenvalue weighted by Crippen LogP contribution is 2.36. The van der Waals surface area contributed by atoms with Crippen LogP contribution in [0.3, 0.4) is 0 Å². The molecule has 46 heavy (non-hydrogen) atoms. The van der Waals surface area contributed by atoms with E-state index in [1.165, 1.54) is 11.3 Å². The second-order valence-corrected chi connectivity index (χ2v) is 13.6. The molecular weight excluding hydrogens is 826 g/mol. The van der Waals surface area contributed by atoms with Crippen LogP contribution in [0.1, 0.15) is 35.2 Å². The Morgan fingerprint density at radius 3 is 2.33 bits per heavy atom. The summed E-state index contributed by atoms with van der Waals surface area (Å²) in [4.78, 5) is 33.4. The topological polar surface area (TPSA) is 79.1 Å². The molecule has 0 spiro atoms. The number of rotatable bonds is 9. The SMILES string of the molecule is CCOC(=O)C1=C(c2ccccc2)N=c2s/c(=C\c3cc(I)c(OCc4ccccc4)c(I)c3)c(=O)n2C1c1cccc(OC)c1. The lowest BCUT2D eigenvalue weighted by Crippen LogP contribution is -2.40. The minimum atomic E-state index is -0.781. The van der Waals surface area contributed by atoms with Gasteiger partial charge in [-0.1, -0.05) is 84.1 Å². The van der Waals surface area contributed by atoms with Gasteiger partial charge in [0.05, 0.1) is 42.7 Å². The normalized spacial score (nSPS) is 14.4. The molecule has 0 amide bonds. The number of nitrogens with zero attached hydrogens (tertiary/aromatic N) is 2. The number of aromatic nitrogens is 1. The fraction of sp³-hybridized carbons (Fsp3) is 0.139. The van der Waals surface area contributed by atoms with E-state index in [0.29, 0.717) is 38.5 Å². The molecule has 0 aliphatic carbocycles. The highest BCUT2D eigenvalue weighted by molar-refractivity contribution is 14.1. The zero-order valence-corrected chi connectivity index (χ0v) is 30.0.